The van der Waals surface area contributed by atoms with Crippen molar-refractivity contribution in [1.29, 1.82) is 0 Å². The molecule has 0 atom stereocenters. The topological polar surface area (TPSA) is 58.2 Å². The van der Waals surface area contributed by atoms with E-state index < -0.39 is 0 Å². The van der Waals surface area contributed by atoms with Gasteiger partial charge in [-0.2, -0.15) is 0 Å². The molecule has 4 rings (SSSR count). The summed E-state index contributed by atoms with van der Waals surface area (Å²) in [6.45, 7) is 1.88. The zero-order chi connectivity index (χ0) is 18.3. The second kappa shape index (κ2) is 6.74. The minimum absolute atomic E-state index is 0.0455. The van der Waals surface area contributed by atoms with Gasteiger partial charge in [-0.3, -0.25) is 9.59 Å². The third-order valence-electron chi connectivity index (χ3n) is 4.53. The maximum atomic E-state index is 12.7. The molecule has 2 aromatic carbocycles. The molecule has 1 fully saturated rings. The first kappa shape index (κ1) is 17.1. The fourth-order valence-corrected chi connectivity index (χ4v) is 4.24. The summed E-state index contributed by atoms with van der Waals surface area (Å²) in [5.74, 6) is -0.0703. The summed E-state index contributed by atoms with van der Waals surface area (Å²) in [5.41, 5.74) is 2.21. The van der Waals surface area contributed by atoms with Crippen molar-refractivity contribution >= 4 is 56.2 Å². The molecular weight excluding hydrogens is 368 g/mol. The first-order chi connectivity index (χ1) is 12.5. The molecule has 0 unspecified atom stereocenters. The molecule has 0 spiro atoms. The maximum absolute atomic E-state index is 12.7. The van der Waals surface area contributed by atoms with E-state index >= 15 is 0 Å². The number of benzene rings is 2. The second-order valence-corrected chi connectivity index (χ2v) is 7.87. The SMILES string of the molecule is Cc1c(NC(=O)c2sc3ccccc3c2Cl)cccc1NC(=O)C1CC1. The van der Waals surface area contributed by atoms with E-state index in [9.17, 15) is 9.59 Å². The summed E-state index contributed by atoms with van der Waals surface area (Å²) >= 11 is 7.76. The van der Waals surface area contributed by atoms with Crippen LogP contribution in [0.4, 0.5) is 11.4 Å². The molecule has 1 saturated carbocycles. The first-order valence-electron chi connectivity index (χ1n) is 8.43. The molecule has 2 amide bonds. The Labute approximate surface area is 160 Å². The predicted molar refractivity (Wildman–Crippen MR) is 107 cm³/mol. The molecular formula is C20H17ClN2O2S. The van der Waals surface area contributed by atoms with E-state index in [0.29, 0.717) is 15.6 Å². The number of rotatable bonds is 4. The number of nitrogens with one attached hydrogen (secondary N) is 2. The molecule has 1 aliphatic carbocycles. The minimum Gasteiger partial charge on any atom is -0.326 e. The summed E-state index contributed by atoms with van der Waals surface area (Å²) in [6, 6.07) is 13.2. The highest BCUT2D eigenvalue weighted by atomic mass is 35.5. The van der Waals surface area contributed by atoms with Crippen LogP contribution in [0.2, 0.25) is 5.02 Å². The smallest absolute Gasteiger partial charge is 0.267 e. The Morgan fingerprint density at radius 3 is 2.42 bits per heavy atom. The fraction of sp³-hybridized carbons (Fsp3) is 0.200. The third-order valence-corrected chi connectivity index (χ3v) is 6.20. The highest BCUT2D eigenvalue weighted by Gasteiger charge is 2.30. The van der Waals surface area contributed by atoms with Crippen molar-refractivity contribution in [3.05, 3.63) is 57.9 Å². The highest BCUT2D eigenvalue weighted by Crippen LogP contribution is 2.36. The lowest BCUT2D eigenvalue weighted by Crippen LogP contribution is -2.16. The Balaban J connectivity index is 1.59. The van der Waals surface area contributed by atoms with E-state index in [4.69, 9.17) is 11.6 Å². The van der Waals surface area contributed by atoms with Gasteiger partial charge in [-0.15, -0.1) is 11.3 Å². The lowest BCUT2D eigenvalue weighted by Gasteiger charge is -2.13. The normalized spacial score (nSPS) is 13.6. The highest BCUT2D eigenvalue weighted by molar-refractivity contribution is 7.21. The Morgan fingerprint density at radius 1 is 1.04 bits per heavy atom. The van der Waals surface area contributed by atoms with Crippen molar-refractivity contribution in [1.82, 2.24) is 0 Å². The van der Waals surface area contributed by atoms with Gasteiger partial charge in [-0.05, 0) is 43.5 Å². The lowest BCUT2D eigenvalue weighted by molar-refractivity contribution is -0.117. The van der Waals surface area contributed by atoms with Gasteiger partial charge in [0.2, 0.25) is 5.91 Å². The van der Waals surface area contributed by atoms with E-state index in [1.807, 2.05) is 49.4 Å². The number of carbonyl (C=O) groups is 2. The summed E-state index contributed by atoms with van der Waals surface area (Å²) in [7, 11) is 0. The molecule has 1 heterocycles. The average Bonchev–Trinajstić information content (AvgIpc) is 3.43. The third kappa shape index (κ3) is 3.20. The molecule has 26 heavy (non-hydrogen) atoms. The van der Waals surface area contributed by atoms with Crippen LogP contribution in [0, 0.1) is 12.8 Å². The number of thiophene rings is 1. The van der Waals surface area contributed by atoms with Crippen LogP contribution in [-0.4, -0.2) is 11.8 Å². The standard InChI is InChI=1S/C20H17ClN2O2S/c1-11-14(22-19(24)12-9-10-12)6-4-7-15(11)23-20(25)18-17(21)13-5-2-3-8-16(13)26-18/h2-8,12H,9-10H2,1H3,(H,22,24)(H,23,25). The van der Waals surface area contributed by atoms with Gasteiger partial charge in [0.15, 0.2) is 0 Å². The number of fused-ring (bicyclic) bond motifs is 1. The van der Waals surface area contributed by atoms with Gasteiger partial charge in [0.05, 0.1) is 5.02 Å². The van der Waals surface area contributed by atoms with E-state index in [1.165, 1.54) is 11.3 Å². The summed E-state index contributed by atoms with van der Waals surface area (Å²) < 4.78 is 0.977. The van der Waals surface area contributed by atoms with Crippen LogP contribution in [0.15, 0.2) is 42.5 Å². The fourth-order valence-electron chi connectivity index (χ4n) is 2.83. The van der Waals surface area contributed by atoms with Gasteiger partial charge in [0, 0.05) is 27.4 Å². The molecule has 0 bridgehead atoms. The van der Waals surface area contributed by atoms with Crippen molar-refractivity contribution in [2.75, 3.05) is 10.6 Å². The number of carbonyl (C=O) groups excluding carboxylic acids is 2. The zero-order valence-electron chi connectivity index (χ0n) is 14.1. The van der Waals surface area contributed by atoms with E-state index in [2.05, 4.69) is 10.6 Å². The molecule has 132 valence electrons. The van der Waals surface area contributed by atoms with E-state index in [0.717, 1.165) is 34.2 Å². The molecule has 0 saturated heterocycles. The minimum atomic E-state index is -0.245. The van der Waals surface area contributed by atoms with Crippen molar-refractivity contribution < 1.29 is 9.59 Å². The van der Waals surface area contributed by atoms with Gasteiger partial charge in [0.1, 0.15) is 4.88 Å². The molecule has 1 aliphatic rings. The van der Waals surface area contributed by atoms with Crippen LogP contribution in [0.25, 0.3) is 10.1 Å². The number of hydrogen-bond donors (Lipinski definition) is 2. The number of halogens is 1. The molecule has 2 N–H and O–H groups in total. The first-order valence-corrected chi connectivity index (χ1v) is 9.63. The predicted octanol–water partition coefficient (Wildman–Crippen LogP) is 5.46. The molecule has 4 nitrogen and oxygen atoms in total. The summed E-state index contributed by atoms with van der Waals surface area (Å²) in [6.07, 6.45) is 1.90. The van der Waals surface area contributed by atoms with Gasteiger partial charge in [-0.1, -0.05) is 35.9 Å². The number of hydrogen-bond acceptors (Lipinski definition) is 3. The molecule has 0 aliphatic heterocycles. The van der Waals surface area contributed by atoms with Crippen molar-refractivity contribution in [2.24, 2.45) is 5.92 Å². The van der Waals surface area contributed by atoms with Crippen molar-refractivity contribution in [3.8, 4) is 0 Å². The maximum Gasteiger partial charge on any atom is 0.267 e. The lowest BCUT2D eigenvalue weighted by atomic mass is 10.1. The molecule has 6 heteroatoms. The number of anilines is 2. The van der Waals surface area contributed by atoms with Crippen LogP contribution in [0.1, 0.15) is 28.1 Å². The largest absolute Gasteiger partial charge is 0.326 e. The Bertz CT molecular complexity index is 1020. The van der Waals surface area contributed by atoms with E-state index in [1.54, 1.807) is 0 Å². The van der Waals surface area contributed by atoms with Crippen LogP contribution in [0.5, 0.6) is 0 Å². The number of amides is 2. The van der Waals surface area contributed by atoms with Crippen LogP contribution in [0.3, 0.4) is 0 Å². The summed E-state index contributed by atoms with van der Waals surface area (Å²) in [5, 5.41) is 7.22. The van der Waals surface area contributed by atoms with Crippen molar-refractivity contribution in [3.63, 3.8) is 0 Å². The van der Waals surface area contributed by atoms with Gasteiger partial charge < -0.3 is 10.6 Å². The Morgan fingerprint density at radius 2 is 1.73 bits per heavy atom. The quantitative estimate of drug-likeness (QED) is 0.627. The Hall–Kier alpha value is -2.37. The van der Waals surface area contributed by atoms with Crippen molar-refractivity contribution in [2.45, 2.75) is 19.8 Å². The van der Waals surface area contributed by atoms with Crippen LogP contribution in [-0.2, 0) is 4.79 Å². The second-order valence-electron chi connectivity index (χ2n) is 6.44. The summed E-state index contributed by atoms with van der Waals surface area (Å²) in [4.78, 5) is 25.2. The van der Waals surface area contributed by atoms with Crippen LogP contribution >= 0.6 is 22.9 Å². The van der Waals surface area contributed by atoms with Gasteiger partial charge in [-0.25, -0.2) is 0 Å². The monoisotopic (exact) mass is 384 g/mol. The van der Waals surface area contributed by atoms with E-state index in [-0.39, 0.29) is 17.7 Å². The zero-order valence-corrected chi connectivity index (χ0v) is 15.7. The Kier molecular flexibility index (Phi) is 4.42. The molecule has 0 radical (unpaired) electrons. The van der Waals surface area contributed by atoms with Crippen LogP contribution < -0.4 is 10.6 Å². The van der Waals surface area contributed by atoms with Gasteiger partial charge in [0.25, 0.3) is 5.91 Å². The molecule has 1 aromatic heterocycles. The average molecular weight is 385 g/mol. The molecule has 3 aromatic rings. The van der Waals surface area contributed by atoms with Gasteiger partial charge >= 0.3 is 0 Å².